The molecule has 0 aliphatic carbocycles. The highest BCUT2D eigenvalue weighted by Crippen LogP contribution is 2.27. The van der Waals surface area contributed by atoms with Crippen LogP contribution in [-0.2, 0) is 11.3 Å². The van der Waals surface area contributed by atoms with Crippen LogP contribution in [0.25, 0.3) is 0 Å². The summed E-state index contributed by atoms with van der Waals surface area (Å²) in [5.41, 5.74) is 7.92. The summed E-state index contributed by atoms with van der Waals surface area (Å²) in [6, 6.07) is 7.42. The van der Waals surface area contributed by atoms with Crippen molar-refractivity contribution >= 4 is 12.4 Å². The lowest BCUT2D eigenvalue weighted by molar-refractivity contribution is -0.00557. The van der Waals surface area contributed by atoms with Gasteiger partial charge in [-0.25, -0.2) is 4.39 Å². The average Bonchev–Trinajstić information content (AvgIpc) is 2.19. The summed E-state index contributed by atoms with van der Waals surface area (Å²) in [5, 5.41) is 0. The van der Waals surface area contributed by atoms with Crippen molar-refractivity contribution in [3.05, 3.63) is 35.4 Å². The van der Waals surface area contributed by atoms with E-state index in [0.29, 0.717) is 6.61 Å². The van der Waals surface area contributed by atoms with Gasteiger partial charge in [0.15, 0.2) is 0 Å². The first-order chi connectivity index (χ1) is 6.33. The highest BCUT2D eigenvalue weighted by atomic mass is 35.5. The fraction of sp³-hybridized carbons (Fsp3) is 0.400. The van der Waals surface area contributed by atoms with Crippen molar-refractivity contribution in [3.63, 3.8) is 0 Å². The summed E-state index contributed by atoms with van der Waals surface area (Å²) in [5.74, 6) is 0. The summed E-state index contributed by atoms with van der Waals surface area (Å²) >= 11 is 0. The standard InChI is InChI=1S/C10H12FNO.ClH/c11-5-9-10(12)8-4-2-1-3-7(8)6-13-9;/h1-4,9-10H,5-6,12H2;1H. The maximum Gasteiger partial charge on any atom is 0.117 e. The molecule has 0 aromatic heterocycles. The van der Waals surface area contributed by atoms with Crippen LogP contribution in [0, 0.1) is 0 Å². The molecule has 2 unspecified atom stereocenters. The van der Waals surface area contributed by atoms with E-state index in [1.807, 2.05) is 24.3 Å². The third-order valence-corrected chi connectivity index (χ3v) is 2.42. The van der Waals surface area contributed by atoms with Gasteiger partial charge in [-0.2, -0.15) is 0 Å². The molecule has 2 atom stereocenters. The zero-order valence-corrected chi connectivity index (χ0v) is 8.47. The number of rotatable bonds is 1. The van der Waals surface area contributed by atoms with Crippen molar-refractivity contribution in [2.24, 2.45) is 5.73 Å². The molecule has 2 rings (SSSR count). The highest BCUT2D eigenvalue weighted by Gasteiger charge is 2.26. The second-order valence-electron chi connectivity index (χ2n) is 3.23. The zero-order valence-electron chi connectivity index (χ0n) is 7.65. The molecular formula is C10H13ClFNO. The van der Waals surface area contributed by atoms with Gasteiger partial charge in [0.2, 0.25) is 0 Å². The molecule has 1 heterocycles. The second-order valence-corrected chi connectivity index (χ2v) is 3.23. The van der Waals surface area contributed by atoms with E-state index in [2.05, 4.69) is 0 Å². The lowest BCUT2D eigenvalue weighted by atomic mass is 9.95. The smallest absolute Gasteiger partial charge is 0.117 e. The minimum Gasteiger partial charge on any atom is -0.369 e. The van der Waals surface area contributed by atoms with Crippen LogP contribution in [0.5, 0.6) is 0 Å². The molecule has 14 heavy (non-hydrogen) atoms. The molecule has 0 saturated heterocycles. The number of alkyl halides is 1. The Kier molecular flexibility index (Phi) is 3.86. The Labute approximate surface area is 88.7 Å². The fourth-order valence-electron chi connectivity index (χ4n) is 1.63. The number of fused-ring (bicyclic) bond motifs is 1. The van der Waals surface area contributed by atoms with Crippen LogP contribution in [0.3, 0.4) is 0 Å². The Morgan fingerprint density at radius 3 is 2.86 bits per heavy atom. The van der Waals surface area contributed by atoms with Crippen LogP contribution in [0.15, 0.2) is 24.3 Å². The minimum absolute atomic E-state index is 0. The van der Waals surface area contributed by atoms with Crippen LogP contribution in [-0.4, -0.2) is 12.8 Å². The molecule has 1 aliphatic heterocycles. The van der Waals surface area contributed by atoms with Gasteiger partial charge < -0.3 is 10.5 Å². The molecule has 78 valence electrons. The Morgan fingerprint density at radius 2 is 2.14 bits per heavy atom. The Bertz CT molecular complexity index is 308. The largest absolute Gasteiger partial charge is 0.369 e. The third-order valence-electron chi connectivity index (χ3n) is 2.42. The number of ether oxygens (including phenoxy) is 1. The molecule has 0 saturated carbocycles. The SMILES string of the molecule is Cl.NC1c2ccccc2COC1CF. The van der Waals surface area contributed by atoms with E-state index in [9.17, 15) is 4.39 Å². The first-order valence-electron chi connectivity index (χ1n) is 4.34. The van der Waals surface area contributed by atoms with Gasteiger partial charge in [-0.15, -0.1) is 12.4 Å². The van der Waals surface area contributed by atoms with Gasteiger partial charge in [-0.05, 0) is 11.1 Å². The quantitative estimate of drug-likeness (QED) is 0.781. The highest BCUT2D eigenvalue weighted by molar-refractivity contribution is 5.85. The normalized spacial score (nSPS) is 25.0. The number of hydrogen-bond acceptors (Lipinski definition) is 2. The van der Waals surface area contributed by atoms with Crippen molar-refractivity contribution in [1.82, 2.24) is 0 Å². The summed E-state index contributed by atoms with van der Waals surface area (Å²) in [6.45, 7) is -0.0477. The molecule has 1 aliphatic rings. The van der Waals surface area contributed by atoms with Crippen LogP contribution < -0.4 is 5.73 Å². The van der Waals surface area contributed by atoms with Crippen LogP contribution in [0.4, 0.5) is 4.39 Å². The minimum atomic E-state index is -0.518. The van der Waals surface area contributed by atoms with Gasteiger partial charge in [-0.3, -0.25) is 0 Å². The van der Waals surface area contributed by atoms with Crippen LogP contribution in [0.1, 0.15) is 17.2 Å². The Morgan fingerprint density at radius 1 is 1.43 bits per heavy atom. The van der Waals surface area contributed by atoms with Crippen molar-refractivity contribution in [2.75, 3.05) is 6.67 Å². The van der Waals surface area contributed by atoms with E-state index in [4.69, 9.17) is 10.5 Å². The number of halogens is 2. The predicted octanol–water partition coefficient (Wildman–Crippen LogP) is 1.98. The van der Waals surface area contributed by atoms with Gasteiger partial charge >= 0.3 is 0 Å². The summed E-state index contributed by atoms with van der Waals surface area (Å²) < 4.78 is 17.7. The maximum atomic E-state index is 12.4. The van der Waals surface area contributed by atoms with Gasteiger partial charge in [0.05, 0.1) is 12.6 Å². The summed E-state index contributed by atoms with van der Waals surface area (Å²) in [7, 11) is 0. The van der Waals surface area contributed by atoms with Gasteiger partial charge in [-0.1, -0.05) is 24.3 Å². The van der Waals surface area contributed by atoms with Crippen LogP contribution >= 0.6 is 12.4 Å². The fourth-order valence-corrected chi connectivity index (χ4v) is 1.63. The molecule has 2 N–H and O–H groups in total. The van der Waals surface area contributed by atoms with Crippen LogP contribution in [0.2, 0.25) is 0 Å². The number of nitrogens with two attached hydrogens (primary N) is 1. The molecule has 0 amide bonds. The van der Waals surface area contributed by atoms with E-state index in [0.717, 1.165) is 11.1 Å². The van der Waals surface area contributed by atoms with Gasteiger partial charge in [0.25, 0.3) is 0 Å². The van der Waals surface area contributed by atoms with Crippen molar-refractivity contribution < 1.29 is 9.13 Å². The van der Waals surface area contributed by atoms with Crippen molar-refractivity contribution in [1.29, 1.82) is 0 Å². The van der Waals surface area contributed by atoms with E-state index in [-0.39, 0.29) is 18.4 Å². The number of hydrogen-bond donors (Lipinski definition) is 1. The first kappa shape index (κ1) is 11.4. The lowest BCUT2D eigenvalue weighted by Crippen LogP contribution is -2.35. The molecule has 0 bridgehead atoms. The van der Waals surface area contributed by atoms with E-state index >= 15 is 0 Å². The molecule has 2 nitrogen and oxygen atoms in total. The van der Waals surface area contributed by atoms with Crippen molar-refractivity contribution in [2.45, 2.75) is 18.8 Å². The summed E-state index contributed by atoms with van der Waals surface area (Å²) in [6.07, 6.45) is -0.477. The van der Waals surface area contributed by atoms with E-state index in [1.54, 1.807) is 0 Å². The molecule has 4 heteroatoms. The van der Waals surface area contributed by atoms with E-state index < -0.39 is 12.8 Å². The van der Waals surface area contributed by atoms with Crippen molar-refractivity contribution in [3.8, 4) is 0 Å². The van der Waals surface area contributed by atoms with E-state index in [1.165, 1.54) is 0 Å². The predicted molar refractivity (Wildman–Crippen MR) is 55.2 cm³/mol. The molecule has 0 radical (unpaired) electrons. The average molecular weight is 218 g/mol. The second kappa shape index (κ2) is 4.73. The van der Waals surface area contributed by atoms with Gasteiger partial charge in [0, 0.05) is 0 Å². The first-order valence-corrected chi connectivity index (χ1v) is 4.34. The zero-order chi connectivity index (χ0) is 9.26. The Hall–Kier alpha value is -0.640. The topological polar surface area (TPSA) is 35.2 Å². The third kappa shape index (κ3) is 1.90. The number of benzene rings is 1. The lowest BCUT2D eigenvalue weighted by Gasteiger charge is -2.29. The molecule has 0 fully saturated rings. The van der Waals surface area contributed by atoms with Gasteiger partial charge in [0.1, 0.15) is 12.8 Å². The molecular weight excluding hydrogens is 205 g/mol. The molecule has 1 aromatic rings. The maximum absolute atomic E-state index is 12.4. The summed E-state index contributed by atoms with van der Waals surface area (Å²) in [4.78, 5) is 0. The molecule has 0 spiro atoms. The monoisotopic (exact) mass is 217 g/mol. The Balaban J connectivity index is 0.000000980. The molecule has 1 aromatic carbocycles.